The average Bonchev–Trinajstić information content (AvgIpc) is 2.91. The molecule has 2 nitrogen and oxygen atoms in total. The van der Waals surface area contributed by atoms with Gasteiger partial charge >= 0.3 is 0 Å². The molecule has 2 aromatic rings. The van der Waals surface area contributed by atoms with Crippen LogP contribution >= 0.6 is 11.6 Å². The van der Waals surface area contributed by atoms with Crippen molar-refractivity contribution >= 4 is 22.6 Å². The van der Waals surface area contributed by atoms with E-state index < -0.39 is 0 Å². The van der Waals surface area contributed by atoms with Gasteiger partial charge in [-0.2, -0.15) is 0 Å². The van der Waals surface area contributed by atoms with Gasteiger partial charge in [-0.15, -0.1) is 11.6 Å². The largest absolute Gasteiger partial charge is 0.326 e. The third-order valence-corrected chi connectivity index (χ3v) is 3.93. The minimum Gasteiger partial charge on any atom is -0.326 e. The number of hydrogen-bond acceptors (Lipinski definition) is 1. The summed E-state index contributed by atoms with van der Waals surface area (Å²) in [6.07, 6.45) is 2.48. The fourth-order valence-corrected chi connectivity index (χ4v) is 2.51. The van der Waals surface area contributed by atoms with E-state index in [1.54, 1.807) is 6.07 Å². The molecule has 1 aliphatic rings. The van der Waals surface area contributed by atoms with Gasteiger partial charge in [-0.05, 0) is 37.3 Å². The number of nitrogens with zero attached hydrogens (tertiary/aromatic N) is 2. The lowest BCUT2D eigenvalue weighted by Gasteiger charge is -2.14. The van der Waals surface area contributed by atoms with E-state index in [0.717, 1.165) is 17.9 Å². The Hall–Kier alpha value is -1.09. The van der Waals surface area contributed by atoms with Crippen LogP contribution in [-0.2, 0) is 6.54 Å². The number of hydrogen-bond donors (Lipinski definition) is 0. The summed E-state index contributed by atoms with van der Waals surface area (Å²) >= 11 is 6.19. The predicted octanol–water partition coefficient (Wildman–Crippen LogP) is 4.28. The first kappa shape index (κ1) is 12.0. The van der Waals surface area contributed by atoms with Crippen molar-refractivity contribution in [3.63, 3.8) is 0 Å². The molecule has 1 heterocycles. The zero-order valence-electron chi connectivity index (χ0n) is 10.6. The fraction of sp³-hybridized carbons (Fsp3) is 0.500. The van der Waals surface area contributed by atoms with Crippen molar-refractivity contribution < 1.29 is 4.39 Å². The van der Waals surface area contributed by atoms with Crippen molar-refractivity contribution in [1.29, 1.82) is 0 Å². The summed E-state index contributed by atoms with van der Waals surface area (Å²) in [6, 6.07) is 4.76. The SMILES string of the molecule is CC(Cl)c1nc2cc(F)ccc2n1CC1(C)CC1. The highest BCUT2D eigenvalue weighted by Gasteiger charge is 2.38. The van der Waals surface area contributed by atoms with Gasteiger partial charge in [-0.1, -0.05) is 6.92 Å². The molecule has 1 aliphatic carbocycles. The zero-order valence-corrected chi connectivity index (χ0v) is 11.3. The summed E-state index contributed by atoms with van der Waals surface area (Å²) in [5.41, 5.74) is 2.04. The normalized spacial score (nSPS) is 19.1. The van der Waals surface area contributed by atoms with Gasteiger partial charge in [0.25, 0.3) is 0 Å². The maximum absolute atomic E-state index is 13.2. The summed E-state index contributed by atoms with van der Waals surface area (Å²) in [4.78, 5) is 4.48. The van der Waals surface area contributed by atoms with E-state index in [0.29, 0.717) is 10.9 Å². The van der Waals surface area contributed by atoms with Gasteiger partial charge in [0.15, 0.2) is 0 Å². The van der Waals surface area contributed by atoms with E-state index in [2.05, 4.69) is 16.5 Å². The standard InChI is InChI=1S/C14H16ClFN2/c1-9(15)13-17-11-7-10(16)3-4-12(11)18(13)8-14(2)5-6-14/h3-4,7,9H,5-6,8H2,1-2H3. The third-order valence-electron chi connectivity index (χ3n) is 3.74. The van der Waals surface area contributed by atoms with Crippen molar-refractivity contribution in [2.75, 3.05) is 0 Å². The molecule has 1 atom stereocenters. The molecular weight excluding hydrogens is 251 g/mol. The molecule has 0 aliphatic heterocycles. The first-order valence-corrected chi connectivity index (χ1v) is 6.72. The topological polar surface area (TPSA) is 17.8 Å². The average molecular weight is 267 g/mol. The molecule has 0 amide bonds. The van der Waals surface area contributed by atoms with Gasteiger partial charge in [0.05, 0.1) is 16.4 Å². The van der Waals surface area contributed by atoms with Crippen LogP contribution in [0.1, 0.15) is 37.9 Å². The summed E-state index contributed by atoms with van der Waals surface area (Å²) in [5, 5.41) is -0.164. The Balaban J connectivity index is 2.15. The lowest BCUT2D eigenvalue weighted by molar-refractivity contribution is 0.461. The van der Waals surface area contributed by atoms with Crippen LogP contribution in [0.25, 0.3) is 11.0 Å². The third kappa shape index (κ3) is 2.01. The van der Waals surface area contributed by atoms with Crippen molar-refractivity contribution in [1.82, 2.24) is 9.55 Å². The van der Waals surface area contributed by atoms with Gasteiger partial charge in [0.2, 0.25) is 0 Å². The quantitative estimate of drug-likeness (QED) is 0.759. The number of fused-ring (bicyclic) bond motifs is 1. The second-order valence-electron chi connectivity index (χ2n) is 5.62. The van der Waals surface area contributed by atoms with E-state index in [1.165, 1.54) is 25.0 Å². The summed E-state index contributed by atoms with van der Waals surface area (Å²) in [6.45, 7) is 5.09. The number of alkyl halides is 1. The molecule has 18 heavy (non-hydrogen) atoms. The lowest BCUT2D eigenvalue weighted by atomic mass is 10.1. The Kier molecular flexibility index (Phi) is 2.63. The maximum atomic E-state index is 13.2. The molecular formula is C14H16ClFN2. The smallest absolute Gasteiger partial charge is 0.127 e. The van der Waals surface area contributed by atoms with Crippen molar-refractivity contribution in [2.45, 2.75) is 38.6 Å². The minimum atomic E-state index is -0.251. The van der Waals surface area contributed by atoms with Gasteiger partial charge in [0, 0.05) is 12.6 Å². The minimum absolute atomic E-state index is 0.164. The van der Waals surface area contributed by atoms with E-state index >= 15 is 0 Å². The molecule has 0 saturated heterocycles. The molecule has 1 fully saturated rings. The van der Waals surface area contributed by atoms with E-state index in [9.17, 15) is 4.39 Å². The molecule has 0 bridgehead atoms. The van der Waals surface area contributed by atoms with Crippen LogP contribution in [0.3, 0.4) is 0 Å². The number of benzene rings is 1. The van der Waals surface area contributed by atoms with E-state index in [1.807, 2.05) is 6.92 Å². The molecule has 0 radical (unpaired) electrons. The fourth-order valence-electron chi connectivity index (χ4n) is 2.34. The molecule has 96 valence electrons. The van der Waals surface area contributed by atoms with Crippen LogP contribution in [0.5, 0.6) is 0 Å². The Morgan fingerprint density at radius 3 is 2.83 bits per heavy atom. The van der Waals surface area contributed by atoms with Crippen molar-refractivity contribution in [2.24, 2.45) is 5.41 Å². The number of rotatable bonds is 3. The van der Waals surface area contributed by atoms with E-state index in [-0.39, 0.29) is 11.2 Å². The summed E-state index contributed by atoms with van der Waals surface area (Å²) in [7, 11) is 0. The lowest BCUT2D eigenvalue weighted by Crippen LogP contribution is -2.11. The number of halogens is 2. The van der Waals surface area contributed by atoms with Gasteiger partial charge in [0.1, 0.15) is 11.6 Å². The van der Waals surface area contributed by atoms with Gasteiger partial charge < -0.3 is 4.57 Å². The highest BCUT2D eigenvalue weighted by molar-refractivity contribution is 6.20. The van der Waals surface area contributed by atoms with Gasteiger partial charge in [-0.3, -0.25) is 0 Å². The van der Waals surface area contributed by atoms with E-state index in [4.69, 9.17) is 11.6 Å². The van der Waals surface area contributed by atoms with Crippen LogP contribution in [0, 0.1) is 11.2 Å². The number of aromatic nitrogens is 2. The van der Waals surface area contributed by atoms with Crippen LogP contribution in [-0.4, -0.2) is 9.55 Å². The highest BCUT2D eigenvalue weighted by atomic mass is 35.5. The molecule has 1 aromatic carbocycles. The number of imidazole rings is 1. The Morgan fingerprint density at radius 2 is 2.22 bits per heavy atom. The summed E-state index contributed by atoms with van der Waals surface area (Å²) < 4.78 is 15.4. The first-order chi connectivity index (χ1) is 8.48. The van der Waals surface area contributed by atoms with Crippen molar-refractivity contribution in [3.05, 3.63) is 29.8 Å². The highest BCUT2D eigenvalue weighted by Crippen LogP contribution is 2.47. The first-order valence-electron chi connectivity index (χ1n) is 6.28. The van der Waals surface area contributed by atoms with Crippen LogP contribution < -0.4 is 0 Å². The Bertz CT molecular complexity index is 599. The Labute approximate surface area is 111 Å². The molecule has 1 aromatic heterocycles. The van der Waals surface area contributed by atoms with Crippen LogP contribution in [0.15, 0.2) is 18.2 Å². The summed E-state index contributed by atoms with van der Waals surface area (Å²) in [5.74, 6) is 0.587. The van der Waals surface area contributed by atoms with Crippen LogP contribution in [0.2, 0.25) is 0 Å². The molecule has 0 N–H and O–H groups in total. The zero-order chi connectivity index (χ0) is 12.9. The Morgan fingerprint density at radius 1 is 1.50 bits per heavy atom. The predicted molar refractivity (Wildman–Crippen MR) is 71.3 cm³/mol. The molecule has 4 heteroatoms. The maximum Gasteiger partial charge on any atom is 0.127 e. The van der Waals surface area contributed by atoms with Gasteiger partial charge in [-0.25, -0.2) is 9.37 Å². The molecule has 1 saturated carbocycles. The molecule has 1 unspecified atom stereocenters. The molecule has 3 rings (SSSR count). The second kappa shape index (κ2) is 3.95. The van der Waals surface area contributed by atoms with Crippen LogP contribution in [0.4, 0.5) is 4.39 Å². The second-order valence-corrected chi connectivity index (χ2v) is 6.27. The monoisotopic (exact) mass is 266 g/mol. The van der Waals surface area contributed by atoms with Crippen molar-refractivity contribution in [3.8, 4) is 0 Å². The molecule has 0 spiro atoms.